The van der Waals surface area contributed by atoms with Crippen molar-refractivity contribution in [1.29, 1.82) is 0 Å². The number of hydrogen-bond acceptors (Lipinski definition) is 1. The van der Waals surface area contributed by atoms with Crippen LogP contribution in [0.4, 0.5) is 0 Å². The molecule has 2 aromatic rings. The fraction of sp³-hybridized carbons (Fsp3) is 0.409. The van der Waals surface area contributed by atoms with Crippen LogP contribution >= 0.6 is 0 Å². The van der Waals surface area contributed by atoms with Crippen molar-refractivity contribution in [3.05, 3.63) is 69.8 Å². The fourth-order valence-corrected chi connectivity index (χ4v) is 3.04. The minimum Gasteiger partial charge on any atom is -0.350 e. The molecule has 1 atom stereocenters. The van der Waals surface area contributed by atoms with Gasteiger partial charge in [-0.05, 0) is 73.9 Å². The quantitative estimate of drug-likeness (QED) is 0.797. The molecule has 24 heavy (non-hydrogen) atoms. The normalized spacial score (nSPS) is 12.0. The Morgan fingerprint density at radius 3 is 2.17 bits per heavy atom. The Morgan fingerprint density at radius 2 is 1.54 bits per heavy atom. The number of hydrogen-bond donors (Lipinski definition) is 1. The van der Waals surface area contributed by atoms with Crippen molar-refractivity contribution in [3.63, 3.8) is 0 Å². The first-order valence-electron chi connectivity index (χ1n) is 8.85. The zero-order valence-corrected chi connectivity index (χ0v) is 15.6. The summed E-state index contributed by atoms with van der Waals surface area (Å²) in [7, 11) is 0. The molecule has 0 aromatic heterocycles. The molecule has 0 radical (unpaired) electrons. The Labute approximate surface area is 146 Å². The molecule has 0 saturated heterocycles. The van der Waals surface area contributed by atoms with Crippen LogP contribution < -0.4 is 5.32 Å². The maximum atomic E-state index is 12.3. The van der Waals surface area contributed by atoms with Gasteiger partial charge in [-0.2, -0.15) is 0 Å². The van der Waals surface area contributed by atoms with Crippen LogP contribution in [-0.2, 0) is 17.6 Å². The maximum Gasteiger partial charge on any atom is 0.220 e. The van der Waals surface area contributed by atoms with Gasteiger partial charge in [-0.3, -0.25) is 4.79 Å². The van der Waals surface area contributed by atoms with Crippen LogP contribution in [0.5, 0.6) is 0 Å². The highest BCUT2D eigenvalue weighted by molar-refractivity contribution is 5.76. The Morgan fingerprint density at radius 1 is 0.958 bits per heavy atom. The molecule has 0 fully saturated rings. The van der Waals surface area contributed by atoms with Gasteiger partial charge in [0.2, 0.25) is 5.91 Å². The number of rotatable bonds is 6. The lowest BCUT2D eigenvalue weighted by atomic mass is 9.96. The zero-order valence-electron chi connectivity index (χ0n) is 15.6. The van der Waals surface area contributed by atoms with Crippen molar-refractivity contribution in [2.75, 3.05) is 0 Å². The summed E-state index contributed by atoms with van der Waals surface area (Å²) < 4.78 is 0. The standard InChI is InChI=1S/C22H29NO/c1-6-19-7-9-20(10-8-19)11-12-22(24)23-18(5)21-14-16(3)15(2)13-17(21)4/h7-10,13-14,18H,6,11-12H2,1-5H3,(H,23,24)/t18-/m1/s1. The number of carbonyl (C=O) groups excluding carboxylic acids is 1. The molecular weight excluding hydrogens is 294 g/mol. The predicted molar refractivity (Wildman–Crippen MR) is 101 cm³/mol. The van der Waals surface area contributed by atoms with Crippen LogP contribution in [0.1, 0.15) is 59.7 Å². The molecule has 2 rings (SSSR count). The molecule has 2 heteroatoms. The summed E-state index contributed by atoms with van der Waals surface area (Å²) in [5, 5.41) is 3.14. The topological polar surface area (TPSA) is 29.1 Å². The lowest BCUT2D eigenvalue weighted by Crippen LogP contribution is -2.27. The summed E-state index contributed by atoms with van der Waals surface area (Å²) in [5.41, 5.74) is 7.57. The average molecular weight is 323 g/mol. The minimum absolute atomic E-state index is 0.0410. The van der Waals surface area contributed by atoms with E-state index in [1.807, 2.05) is 0 Å². The third kappa shape index (κ3) is 4.70. The lowest BCUT2D eigenvalue weighted by Gasteiger charge is -2.18. The van der Waals surface area contributed by atoms with Gasteiger partial charge in [0.15, 0.2) is 0 Å². The van der Waals surface area contributed by atoms with Gasteiger partial charge in [-0.25, -0.2) is 0 Å². The van der Waals surface area contributed by atoms with E-state index in [1.165, 1.54) is 33.4 Å². The second-order valence-electron chi connectivity index (χ2n) is 6.75. The molecule has 2 nitrogen and oxygen atoms in total. The van der Waals surface area contributed by atoms with Crippen molar-refractivity contribution >= 4 is 5.91 Å². The zero-order chi connectivity index (χ0) is 17.7. The third-order valence-electron chi connectivity index (χ3n) is 4.80. The summed E-state index contributed by atoms with van der Waals surface area (Å²) in [6.45, 7) is 10.6. The van der Waals surface area contributed by atoms with Gasteiger partial charge in [-0.1, -0.05) is 43.3 Å². The molecular formula is C22H29NO. The SMILES string of the molecule is CCc1ccc(CCC(=O)N[C@H](C)c2cc(C)c(C)cc2C)cc1. The van der Waals surface area contributed by atoms with E-state index in [0.717, 1.165) is 12.8 Å². The van der Waals surface area contributed by atoms with Gasteiger partial charge >= 0.3 is 0 Å². The van der Waals surface area contributed by atoms with E-state index in [2.05, 4.69) is 76.3 Å². The Hall–Kier alpha value is -2.09. The molecule has 0 bridgehead atoms. The van der Waals surface area contributed by atoms with E-state index in [1.54, 1.807) is 0 Å². The molecule has 1 amide bonds. The number of nitrogens with one attached hydrogen (secondary N) is 1. The molecule has 0 aliphatic carbocycles. The van der Waals surface area contributed by atoms with Crippen LogP contribution in [0.2, 0.25) is 0 Å². The number of carbonyl (C=O) groups is 1. The average Bonchev–Trinajstić information content (AvgIpc) is 2.56. The van der Waals surface area contributed by atoms with Crippen LogP contribution in [-0.4, -0.2) is 5.91 Å². The summed E-state index contributed by atoms with van der Waals surface area (Å²) in [6.07, 6.45) is 2.36. The summed E-state index contributed by atoms with van der Waals surface area (Å²) in [4.78, 5) is 12.3. The van der Waals surface area contributed by atoms with Crippen molar-refractivity contribution < 1.29 is 4.79 Å². The van der Waals surface area contributed by atoms with Crippen molar-refractivity contribution in [3.8, 4) is 0 Å². The van der Waals surface area contributed by atoms with Crippen molar-refractivity contribution in [2.24, 2.45) is 0 Å². The van der Waals surface area contributed by atoms with Crippen molar-refractivity contribution in [2.45, 2.75) is 59.9 Å². The van der Waals surface area contributed by atoms with E-state index in [4.69, 9.17) is 0 Å². The molecule has 0 aliphatic rings. The first-order valence-corrected chi connectivity index (χ1v) is 8.85. The fourth-order valence-electron chi connectivity index (χ4n) is 3.04. The lowest BCUT2D eigenvalue weighted by molar-refractivity contribution is -0.121. The first-order chi connectivity index (χ1) is 11.4. The highest BCUT2D eigenvalue weighted by Crippen LogP contribution is 2.21. The molecule has 0 heterocycles. The molecule has 2 aromatic carbocycles. The smallest absolute Gasteiger partial charge is 0.220 e. The van der Waals surface area contributed by atoms with E-state index in [9.17, 15) is 4.79 Å². The van der Waals surface area contributed by atoms with E-state index in [0.29, 0.717) is 6.42 Å². The number of amides is 1. The number of aryl methyl sites for hydroxylation is 5. The van der Waals surface area contributed by atoms with Gasteiger partial charge in [-0.15, -0.1) is 0 Å². The third-order valence-corrected chi connectivity index (χ3v) is 4.80. The van der Waals surface area contributed by atoms with E-state index < -0.39 is 0 Å². The second kappa shape index (κ2) is 8.14. The van der Waals surface area contributed by atoms with Gasteiger partial charge in [0, 0.05) is 6.42 Å². The summed E-state index contributed by atoms with van der Waals surface area (Å²) >= 11 is 0. The first kappa shape index (κ1) is 18.3. The maximum absolute atomic E-state index is 12.3. The van der Waals surface area contributed by atoms with Gasteiger partial charge in [0.05, 0.1) is 6.04 Å². The van der Waals surface area contributed by atoms with Crippen LogP contribution in [0.3, 0.4) is 0 Å². The molecule has 128 valence electrons. The monoisotopic (exact) mass is 323 g/mol. The largest absolute Gasteiger partial charge is 0.350 e. The molecule has 0 spiro atoms. The van der Waals surface area contributed by atoms with E-state index >= 15 is 0 Å². The van der Waals surface area contributed by atoms with Crippen LogP contribution in [0.15, 0.2) is 36.4 Å². The van der Waals surface area contributed by atoms with Crippen molar-refractivity contribution in [1.82, 2.24) is 5.32 Å². The highest BCUT2D eigenvalue weighted by Gasteiger charge is 2.13. The Balaban J connectivity index is 1.92. The Bertz CT molecular complexity index is 701. The highest BCUT2D eigenvalue weighted by atomic mass is 16.1. The van der Waals surface area contributed by atoms with Gasteiger partial charge in [0.25, 0.3) is 0 Å². The molecule has 0 aliphatic heterocycles. The molecule has 0 unspecified atom stereocenters. The Kier molecular flexibility index (Phi) is 6.19. The van der Waals surface area contributed by atoms with E-state index in [-0.39, 0.29) is 11.9 Å². The van der Waals surface area contributed by atoms with Gasteiger partial charge in [0.1, 0.15) is 0 Å². The van der Waals surface area contributed by atoms with Gasteiger partial charge < -0.3 is 5.32 Å². The summed E-state index contributed by atoms with van der Waals surface area (Å²) in [6, 6.07) is 13.0. The molecule has 1 N–H and O–H groups in total. The predicted octanol–water partition coefficient (Wildman–Crippen LogP) is 4.98. The van der Waals surface area contributed by atoms with Crippen LogP contribution in [0, 0.1) is 20.8 Å². The van der Waals surface area contributed by atoms with Crippen LogP contribution in [0.25, 0.3) is 0 Å². The summed E-state index contributed by atoms with van der Waals surface area (Å²) in [5.74, 6) is 0.111. The minimum atomic E-state index is 0.0410. The number of benzene rings is 2. The molecule has 0 saturated carbocycles. The second-order valence-corrected chi connectivity index (χ2v) is 6.75.